The molecule has 0 aromatic rings. The van der Waals surface area contributed by atoms with Gasteiger partial charge < -0.3 is 0 Å². The fourth-order valence-corrected chi connectivity index (χ4v) is 0.849. The number of rotatable bonds is 0. The van der Waals surface area contributed by atoms with Crippen molar-refractivity contribution in [3.8, 4) is 6.07 Å². The van der Waals surface area contributed by atoms with Crippen molar-refractivity contribution in [1.29, 1.82) is 5.26 Å². The van der Waals surface area contributed by atoms with E-state index in [4.69, 9.17) is 5.26 Å². The zero-order valence-electron chi connectivity index (χ0n) is 9.02. The Kier molecular flexibility index (Phi) is 3.10. The minimum absolute atomic E-state index is 0.0258. The van der Waals surface area contributed by atoms with E-state index in [-0.39, 0.29) is 10.8 Å². The smallest absolute Gasteiger partial charge is 0.0949 e. The molecule has 0 aromatic carbocycles. The number of allylic oxidation sites excluding steroid dienone is 2. The Hall–Kier alpha value is -0.770. The highest BCUT2D eigenvalue weighted by molar-refractivity contribution is 5.28. The lowest BCUT2D eigenvalue weighted by Gasteiger charge is -2.21. The van der Waals surface area contributed by atoms with Crippen LogP contribution in [0.15, 0.2) is 11.6 Å². The van der Waals surface area contributed by atoms with E-state index in [1.54, 1.807) is 0 Å². The van der Waals surface area contributed by atoms with Gasteiger partial charge in [0.15, 0.2) is 0 Å². The summed E-state index contributed by atoms with van der Waals surface area (Å²) in [7, 11) is 0. The van der Waals surface area contributed by atoms with Crippen LogP contribution in [-0.2, 0) is 0 Å². The third-order valence-corrected chi connectivity index (χ3v) is 1.51. The highest BCUT2D eigenvalue weighted by Crippen LogP contribution is 2.29. The first-order valence-corrected chi connectivity index (χ1v) is 4.30. The fourth-order valence-electron chi connectivity index (χ4n) is 0.849. The predicted octanol–water partition coefficient (Wildman–Crippen LogP) is 3.53. The van der Waals surface area contributed by atoms with Gasteiger partial charge in [-0.15, -0.1) is 0 Å². The number of hydrogen-bond acceptors (Lipinski definition) is 1. The van der Waals surface area contributed by atoms with Crippen molar-refractivity contribution in [2.75, 3.05) is 0 Å². The van der Waals surface area contributed by atoms with Gasteiger partial charge >= 0.3 is 0 Å². The first-order valence-electron chi connectivity index (χ1n) is 4.30. The van der Waals surface area contributed by atoms with Crippen LogP contribution in [0.25, 0.3) is 0 Å². The van der Waals surface area contributed by atoms with Crippen LogP contribution < -0.4 is 0 Å². The van der Waals surface area contributed by atoms with Gasteiger partial charge in [0.2, 0.25) is 0 Å². The van der Waals surface area contributed by atoms with Gasteiger partial charge in [-0.25, -0.2) is 0 Å². The Morgan fingerprint density at radius 2 is 1.50 bits per heavy atom. The molecule has 0 saturated heterocycles. The first-order chi connectivity index (χ1) is 5.17. The van der Waals surface area contributed by atoms with E-state index in [1.165, 1.54) is 0 Å². The lowest BCUT2D eigenvalue weighted by Crippen LogP contribution is -2.12. The fraction of sp³-hybridized carbons (Fsp3) is 0.727. The minimum Gasteiger partial charge on any atom is -0.193 e. The summed E-state index contributed by atoms with van der Waals surface area (Å²) >= 11 is 0. The molecule has 0 radical (unpaired) electrons. The van der Waals surface area contributed by atoms with Crippen LogP contribution >= 0.6 is 0 Å². The first kappa shape index (κ1) is 11.2. The molecule has 0 rings (SSSR count). The third-order valence-electron chi connectivity index (χ3n) is 1.51. The van der Waals surface area contributed by atoms with Gasteiger partial charge in [-0.2, -0.15) is 5.26 Å². The molecule has 0 aliphatic rings. The minimum atomic E-state index is -0.0258. The summed E-state index contributed by atoms with van der Waals surface area (Å²) in [6.45, 7) is 12.5. The molecule has 0 atom stereocenters. The Labute approximate surface area is 76.1 Å². The molecule has 12 heavy (non-hydrogen) atoms. The molecule has 0 spiro atoms. The Balaban J connectivity index is 4.85. The molecule has 0 aromatic heterocycles. The molecule has 68 valence electrons. The van der Waals surface area contributed by atoms with Crippen molar-refractivity contribution in [3.63, 3.8) is 0 Å². The molecule has 0 aliphatic carbocycles. The normalized spacial score (nSPS) is 14.2. The second kappa shape index (κ2) is 3.31. The van der Waals surface area contributed by atoms with Gasteiger partial charge in [0, 0.05) is 5.57 Å². The van der Waals surface area contributed by atoms with Gasteiger partial charge in [0.25, 0.3) is 0 Å². The van der Waals surface area contributed by atoms with Crippen LogP contribution in [0.5, 0.6) is 0 Å². The second-order valence-corrected chi connectivity index (χ2v) is 5.29. The molecule has 0 fully saturated rings. The van der Waals surface area contributed by atoms with Gasteiger partial charge in [-0.1, -0.05) is 47.6 Å². The van der Waals surface area contributed by atoms with E-state index in [0.717, 1.165) is 5.57 Å². The molecule has 1 heteroatoms. The zero-order chi connectivity index (χ0) is 9.99. The standard InChI is InChI=1S/C11H19N/c1-10(2,3)7-9(8-12)11(4,5)6/h7H,1-6H3/b9-7-. The maximum absolute atomic E-state index is 8.91. The van der Waals surface area contributed by atoms with Crippen LogP contribution in [0.4, 0.5) is 0 Å². The predicted molar refractivity (Wildman–Crippen MR) is 52.6 cm³/mol. The molecule has 0 saturated carbocycles. The largest absolute Gasteiger partial charge is 0.193 e. The molecule has 0 amide bonds. The molecule has 1 nitrogen and oxygen atoms in total. The number of nitrogens with zero attached hydrogens (tertiary/aromatic N) is 1. The van der Waals surface area contributed by atoms with Crippen LogP contribution in [-0.4, -0.2) is 0 Å². The van der Waals surface area contributed by atoms with E-state index < -0.39 is 0 Å². The number of hydrogen-bond donors (Lipinski definition) is 0. The maximum Gasteiger partial charge on any atom is 0.0949 e. The molecular formula is C11H19N. The van der Waals surface area contributed by atoms with Crippen LogP contribution in [0.2, 0.25) is 0 Å². The van der Waals surface area contributed by atoms with Gasteiger partial charge in [-0.3, -0.25) is 0 Å². The van der Waals surface area contributed by atoms with Gasteiger partial charge in [-0.05, 0) is 10.8 Å². The Morgan fingerprint density at radius 3 is 1.58 bits per heavy atom. The lowest BCUT2D eigenvalue weighted by molar-refractivity contribution is 0.484. The molecule has 0 unspecified atom stereocenters. The average Bonchev–Trinajstić information content (AvgIpc) is 1.78. The van der Waals surface area contributed by atoms with Crippen LogP contribution in [0.3, 0.4) is 0 Å². The topological polar surface area (TPSA) is 23.8 Å². The zero-order valence-corrected chi connectivity index (χ0v) is 9.02. The number of nitriles is 1. The molecule has 0 bridgehead atoms. The van der Waals surface area contributed by atoms with Crippen molar-refractivity contribution in [1.82, 2.24) is 0 Å². The summed E-state index contributed by atoms with van der Waals surface area (Å²) < 4.78 is 0. The quantitative estimate of drug-likeness (QED) is 0.504. The van der Waals surface area contributed by atoms with E-state index in [9.17, 15) is 0 Å². The summed E-state index contributed by atoms with van der Waals surface area (Å²) in [5.41, 5.74) is 0.940. The molecule has 0 aliphatic heterocycles. The monoisotopic (exact) mass is 165 g/mol. The Morgan fingerprint density at radius 1 is 1.08 bits per heavy atom. The second-order valence-electron chi connectivity index (χ2n) is 5.29. The van der Waals surface area contributed by atoms with E-state index in [2.05, 4.69) is 47.6 Å². The highest BCUT2D eigenvalue weighted by atomic mass is 14.3. The summed E-state index contributed by atoms with van der Waals surface area (Å²) in [5, 5.41) is 8.91. The van der Waals surface area contributed by atoms with E-state index in [1.807, 2.05) is 6.08 Å². The van der Waals surface area contributed by atoms with E-state index in [0.29, 0.717) is 0 Å². The van der Waals surface area contributed by atoms with Crippen LogP contribution in [0.1, 0.15) is 41.5 Å². The van der Waals surface area contributed by atoms with Crippen LogP contribution in [0, 0.1) is 22.2 Å². The van der Waals surface area contributed by atoms with Crippen molar-refractivity contribution in [2.24, 2.45) is 10.8 Å². The summed E-state index contributed by atoms with van der Waals surface area (Å²) in [6, 6.07) is 2.26. The van der Waals surface area contributed by atoms with Gasteiger partial charge in [0.1, 0.15) is 0 Å². The van der Waals surface area contributed by atoms with Crippen molar-refractivity contribution >= 4 is 0 Å². The summed E-state index contributed by atoms with van der Waals surface area (Å²) in [6.07, 6.45) is 2.05. The van der Waals surface area contributed by atoms with Gasteiger partial charge in [0.05, 0.1) is 6.07 Å². The molecule has 0 N–H and O–H groups in total. The Bertz CT molecular complexity index is 215. The van der Waals surface area contributed by atoms with Crippen molar-refractivity contribution in [2.45, 2.75) is 41.5 Å². The third kappa shape index (κ3) is 4.18. The SMILES string of the molecule is CC(C)(C)/C=C(/C#N)C(C)(C)C. The lowest BCUT2D eigenvalue weighted by atomic mass is 9.82. The molecular weight excluding hydrogens is 146 g/mol. The molecule has 0 heterocycles. The van der Waals surface area contributed by atoms with Crippen molar-refractivity contribution in [3.05, 3.63) is 11.6 Å². The average molecular weight is 165 g/mol. The van der Waals surface area contributed by atoms with Crippen molar-refractivity contribution < 1.29 is 0 Å². The summed E-state index contributed by atoms with van der Waals surface area (Å²) in [4.78, 5) is 0. The maximum atomic E-state index is 8.91. The van der Waals surface area contributed by atoms with E-state index >= 15 is 0 Å². The highest BCUT2D eigenvalue weighted by Gasteiger charge is 2.19. The summed E-state index contributed by atoms with van der Waals surface area (Å²) in [5.74, 6) is 0.